The molecule has 2 aromatic carbocycles. The molecular formula is C24H22ClN3O4S. The van der Waals surface area contributed by atoms with Crippen LogP contribution in [0, 0.1) is 0 Å². The van der Waals surface area contributed by atoms with Crippen LogP contribution >= 0.6 is 22.9 Å². The van der Waals surface area contributed by atoms with Gasteiger partial charge in [0.25, 0.3) is 5.56 Å². The summed E-state index contributed by atoms with van der Waals surface area (Å²) < 4.78 is 8.38. The largest absolute Gasteiger partial charge is 0.494 e. The fourth-order valence-corrected chi connectivity index (χ4v) is 4.55. The smallest absolute Gasteiger partial charge is 0.332 e. The van der Waals surface area contributed by atoms with Crippen molar-refractivity contribution in [3.05, 3.63) is 97.0 Å². The Morgan fingerprint density at radius 2 is 1.82 bits per heavy atom. The van der Waals surface area contributed by atoms with Crippen molar-refractivity contribution < 1.29 is 9.53 Å². The van der Waals surface area contributed by atoms with Crippen LogP contribution in [0.15, 0.2) is 69.6 Å². The summed E-state index contributed by atoms with van der Waals surface area (Å²) in [6, 6.07) is 16.1. The highest BCUT2D eigenvalue weighted by molar-refractivity contribution is 7.17. The van der Waals surface area contributed by atoms with E-state index in [9.17, 15) is 14.4 Å². The molecule has 0 fully saturated rings. The molecular weight excluding hydrogens is 462 g/mol. The van der Waals surface area contributed by atoms with E-state index in [4.69, 9.17) is 16.3 Å². The first-order chi connectivity index (χ1) is 16.0. The number of halogens is 1. The van der Waals surface area contributed by atoms with E-state index in [2.05, 4.69) is 5.32 Å². The lowest BCUT2D eigenvalue weighted by Gasteiger charge is -2.13. The van der Waals surface area contributed by atoms with Crippen LogP contribution in [-0.4, -0.2) is 21.6 Å². The Morgan fingerprint density at radius 3 is 2.55 bits per heavy atom. The van der Waals surface area contributed by atoms with E-state index < -0.39 is 5.69 Å². The summed E-state index contributed by atoms with van der Waals surface area (Å²) in [5.74, 6) is 0.366. The number of amides is 1. The van der Waals surface area contributed by atoms with Crippen molar-refractivity contribution in [3.63, 3.8) is 0 Å². The van der Waals surface area contributed by atoms with Gasteiger partial charge in [-0.25, -0.2) is 4.79 Å². The first-order valence-electron chi connectivity index (χ1n) is 10.4. The molecule has 0 bridgehead atoms. The average molecular weight is 484 g/mol. The molecule has 2 heterocycles. The van der Waals surface area contributed by atoms with E-state index in [1.54, 1.807) is 29.6 Å². The zero-order valence-electron chi connectivity index (χ0n) is 17.9. The molecule has 0 unspecified atom stereocenters. The van der Waals surface area contributed by atoms with Gasteiger partial charge in [-0.3, -0.25) is 18.7 Å². The topological polar surface area (TPSA) is 82.3 Å². The van der Waals surface area contributed by atoms with E-state index in [0.717, 1.165) is 21.4 Å². The van der Waals surface area contributed by atoms with Crippen LogP contribution in [0.4, 0.5) is 0 Å². The van der Waals surface area contributed by atoms with Crippen LogP contribution in [0.5, 0.6) is 5.75 Å². The number of hydrogen-bond acceptors (Lipinski definition) is 5. The number of hydrogen-bond donors (Lipinski definition) is 1. The molecule has 0 aliphatic rings. The maximum absolute atomic E-state index is 13.2. The Kier molecular flexibility index (Phi) is 6.96. The number of benzene rings is 2. The molecule has 4 rings (SSSR count). The second kappa shape index (κ2) is 10.1. The summed E-state index contributed by atoms with van der Waals surface area (Å²) in [5, 5.41) is 5.09. The van der Waals surface area contributed by atoms with E-state index in [1.807, 2.05) is 37.3 Å². The molecule has 9 heteroatoms. The van der Waals surface area contributed by atoms with Crippen molar-refractivity contribution in [2.24, 2.45) is 0 Å². The predicted molar refractivity (Wildman–Crippen MR) is 130 cm³/mol. The SMILES string of the molecule is CCOc1ccc(Cn2c(=O)c3sccc3n(CC(=O)NCc3ccccc3Cl)c2=O)cc1. The number of ether oxygens (including phenoxy) is 1. The highest BCUT2D eigenvalue weighted by Gasteiger charge is 2.17. The van der Waals surface area contributed by atoms with Gasteiger partial charge >= 0.3 is 5.69 Å². The molecule has 0 atom stereocenters. The van der Waals surface area contributed by atoms with Crippen molar-refractivity contribution in [2.45, 2.75) is 26.6 Å². The molecule has 2 aromatic heterocycles. The normalized spacial score (nSPS) is 11.0. The van der Waals surface area contributed by atoms with Gasteiger partial charge in [-0.15, -0.1) is 11.3 Å². The minimum Gasteiger partial charge on any atom is -0.494 e. The summed E-state index contributed by atoms with van der Waals surface area (Å²) in [5.41, 5.74) is 1.11. The maximum Gasteiger partial charge on any atom is 0.332 e. The number of carbonyl (C=O) groups is 1. The van der Waals surface area contributed by atoms with Crippen molar-refractivity contribution in [1.82, 2.24) is 14.5 Å². The standard InChI is InChI=1S/C24H22ClN3O4S/c1-2-32-18-9-7-16(8-10-18)14-28-23(30)22-20(11-12-33-22)27(24(28)31)15-21(29)26-13-17-5-3-4-6-19(17)25/h3-12H,2,13-15H2,1H3,(H,26,29). The van der Waals surface area contributed by atoms with Crippen LogP contribution < -0.4 is 21.3 Å². The second-order valence-corrected chi connectivity index (χ2v) is 8.66. The Bertz CT molecular complexity index is 1410. The minimum atomic E-state index is -0.535. The van der Waals surface area contributed by atoms with Crippen molar-refractivity contribution >= 4 is 39.1 Å². The third-order valence-corrected chi connectivity index (χ3v) is 6.41. The second-order valence-electron chi connectivity index (χ2n) is 7.34. The summed E-state index contributed by atoms with van der Waals surface area (Å²) in [7, 11) is 0. The highest BCUT2D eigenvalue weighted by atomic mass is 35.5. The Balaban J connectivity index is 1.61. The Morgan fingerprint density at radius 1 is 1.06 bits per heavy atom. The summed E-state index contributed by atoms with van der Waals surface area (Å²) >= 11 is 7.40. The molecule has 0 aliphatic heterocycles. The monoisotopic (exact) mass is 483 g/mol. The van der Waals surface area contributed by atoms with Gasteiger partial charge in [0.05, 0.1) is 18.7 Å². The van der Waals surface area contributed by atoms with Crippen LogP contribution in [0.2, 0.25) is 5.02 Å². The molecule has 4 aromatic rings. The lowest BCUT2D eigenvalue weighted by atomic mass is 10.2. The zero-order chi connectivity index (χ0) is 23.4. The van der Waals surface area contributed by atoms with Crippen LogP contribution in [0.25, 0.3) is 10.2 Å². The van der Waals surface area contributed by atoms with Gasteiger partial charge in [-0.05, 0) is 47.7 Å². The van der Waals surface area contributed by atoms with E-state index in [1.165, 1.54) is 15.9 Å². The third-order valence-electron chi connectivity index (χ3n) is 5.15. The lowest BCUT2D eigenvalue weighted by molar-refractivity contribution is -0.121. The van der Waals surface area contributed by atoms with E-state index in [0.29, 0.717) is 21.8 Å². The fraction of sp³-hybridized carbons (Fsp3) is 0.208. The Hall–Kier alpha value is -3.36. The molecule has 0 radical (unpaired) electrons. The summed E-state index contributed by atoms with van der Waals surface area (Å²) in [4.78, 5) is 38.9. The van der Waals surface area contributed by atoms with Crippen molar-refractivity contribution in [3.8, 4) is 5.75 Å². The first kappa shape index (κ1) is 22.8. The molecule has 1 N–H and O–H groups in total. The molecule has 7 nitrogen and oxygen atoms in total. The van der Waals surface area contributed by atoms with Gasteiger partial charge in [0, 0.05) is 11.6 Å². The quantitative estimate of drug-likeness (QED) is 0.415. The number of nitrogens with zero attached hydrogens (tertiary/aromatic N) is 2. The van der Waals surface area contributed by atoms with Crippen molar-refractivity contribution in [2.75, 3.05) is 6.61 Å². The maximum atomic E-state index is 13.2. The van der Waals surface area contributed by atoms with Crippen LogP contribution in [0.3, 0.4) is 0 Å². The van der Waals surface area contributed by atoms with E-state index in [-0.39, 0.29) is 31.1 Å². The zero-order valence-corrected chi connectivity index (χ0v) is 19.5. The molecule has 0 aliphatic carbocycles. The third kappa shape index (κ3) is 5.02. The Labute approximate surface area is 198 Å². The van der Waals surface area contributed by atoms with Gasteiger partial charge in [0.2, 0.25) is 5.91 Å². The van der Waals surface area contributed by atoms with Gasteiger partial charge in [-0.2, -0.15) is 0 Å². The minimum absolute atomic E-state index is 0.0964. The first-order valence-corrected chi connectivity index (χ1v) is 11.7. The van der Waals surface area contributed by atoms with Crippen LogP contribution in [-0.2, 0) is 24.4 Å². The van der Waals surface area contributed by atoms with Crippen LogP contribution in [0.1, 0.15) is 18.1 Å². The van der Waals surface area contributed by atoms with Crippen molar-refractivity contribution in [1.29, 1.82) is 0 Å². The summed E-state index contributed by atoms with van der Waals surface area (Å²) in [6.07, 6.45) is 0. The average Bonchev–Trinajstić information content (AvgIpc) is 3.30. The number of aromatic nitrogens is 2. The molecule has 0 saturated carbocycles. The number of carbonyl (C=O) groups excluding carboxylic acids is 1. The number of fused-ring (bicyclic) bond motifs is 1. The van der Waals surface area contributed by atoms with Gasteiger partial charge < -0.3 is 10.1 Å². The molecule has 0 spiro atoms. The van der Waals surface area contributed by atoms with E-state index >= 15 is 0 Å². The lowest BCUT2D eigenvalue weighted by Crippen LogP contribution is -2.42. The molecule has 170 valence electrons. The number of thiophene rings is 1. The number of rotatable bonds is 8. The fourth-order valence-electron chi connectivity index (χ4n) is 3.50. The van der Waals surface area contributed by atoms with Gasteiger partial charge in [0.1, 0.15) is 17.0 Å². The van der Waals surface area contributed by atoms with Gasteiger partial charge in [-0.1, -0.05) is 41.9 Å². The molecule has 1 amide bonds. The summed E-state index contributed by atoms with van der Waals surface area (Å²) in [6.45, 7) is 2.58. The number of nitrogens with one attached hydrogen (secondary N) is 1. The predicted octanol–water partition coefficient (Wildman–Crippen LogP) is 3.64. The highest BCUT2D eigenvalue weighted by Crippen LogP contribution is 2.17. The molecule has 0 saturated heterocycles. The molecule has 33 heavy (non-hydrogen) atoms. The van der Waals surface area contributed by atoms with Gasteiger partial charge in [0.15, 0.2) is 0 Å².